The summed E-state index contributed by atoms with van der Waals surface area (Å²) in [7, 11) is 0. The predicted octanol–water partition coefficient (Wildman–Crippen LogP) is 0.116. The molecule has 1 aliphatic rings. The van der Waals surface area contributed by atoms with E-state index in [-0.39, 0.29) is 0 Å². The summed E-state index contributed by atoms with van der Waals surface area (Å²) in [6.45, 7) is 3.74. The SMILES string of the molecule is C[C]1NCCO1. The molecule has 0 atom stereocenters. The Hall–Kier alpha value is -0.0800. The van der Waals surface area contributed by atoms with E-state index in [1.165, 1.54) is 0 Å². The van der Waals surface area contributed by atoms with Gasteiger partial charge in [0.2, 0.25) is 0 Å². The van der Waals surface area contributed by atoms with Gasteiger partial charge in [-0.15, -0.1) is 0 Å². The van der Waals surface area contributed by atoms with Crippen molar-refractivity contribution >= 4 is 0 Å². The third-order valence-corrected chi connectivity index (χ3v) is 0.795. The lowest BCUT2D eigenvalue weighted by molar-refractivity contribution is 0.203. The van der Waals surface area contributed by atoms with Gasteiger partial charge in [-0.1, -0.05) is 0 Å². The van der Waals surface area contributed by atoms with Gasteiger partial charge in [-0.05, 0) is 6.92 Å². The van der Waals surface area contributed by atoms with Crippen LogP contribution < -0.4 is 5.32 Å². The molecule has 0 unspecified atom stereocenters. The van der Waals surface area contributed by atoms with Crippen LogP contribution in [0.15, 0.2) is 0 Å². The molecule has 6 heavy (non-hydrogen) atoms. The zero-order valence-corrected chi connectivity index (χ0v) is 3.82. The van der Waals surface area contributed by atoms with Crippen LogP contribution in [0.3, 0.4) is 0 Å². The Morgan fingerprint density at radius 1 is 1.83 bits per heavy atom. The first-order chi connectivity index (χ1) is 2.89. The fraction of sp³-hybridized carbons (Fsp3) is 0.750. The molecule has 0 aromatic heterocycles. The predicted molar refractivity (Wildman–Crippen MR) is 22.9 cm³/mol. The van der Waals surface area contributed by atoms with Crippen molar-refractivity contribution in [1.82, 2.24) is 5.32 Å². The van der Waals surface area contributed by atoms with E-state index in [9.17, 15) is 0 Å². The van der Waals surface area contributed by atoms with Gasteiger partial charge >= 0.3 is 0 Å². The molecule has 1 saturated heterocycles. The minimum Gasteiger partial charge on any atom is -0.355 e. The smallest absolute Gasteiger partial charge is 0.159 e. The summed E-state index contributed by atoms with van der Waals surface area (Å²) in [6, 6.07) is 0. The Balaban J connectivity index is 2.18. The Labute approximate surface area is 37.5 Å². The minimum absolute atomic E-state index is 0.839. The third-order valence-electron chi connectivity index (χ3n) is 0.795. The Morgan fingerprint density at radius 2 is 2.67 bits per heavy atom. The van der Waals surface area contributed by atoms with Crippen LogP contribution in [0.2, 0.25) is 0 Å². The maximum atomic E-state index is 4.96. The van der Waals surface area contributed by atoms with Crippen molar-refractivity contribution in [2.45, 2.75) is 6.92 Å². The van der Waals surface area contributed by atoms with Crippen LogP contribution in [0.4, 0.5) is 0 Å². The molecule has 35 valence electrons. The number of hydrogen-bond acceptors (Lipinski definition) is 2. The molecule has 1 fully saturated rings. The molecule has 0 bridgehead atoms. The van der Waals surface area contributed by atoms with Crippen LogP contribution in [-0.2, 0) is 4.74 Å². The van der Waals surface area contributed by atoms with E-state index in [1.807, 2.05) is 6.92 Å². The summed E-state index contributed by atoms with van der Waals surface area (Å²) < 4.78 is 4.96. The second-order valence-electron chi connectivity index (χ2n) is 1.33. The molecule has 1 N–H and O–H groups in total. The summed E-state index contributed by atoms with van der Waals surface area (Å²) in [5, 5.41) is 3.01. The molecule has 1 rings (SSSR count). The highest BCUT2D eigenvalue weighted by atomic mass is 16.5. The lowest BCUT2D eigenvalue weighted by atomic mass is 10.7. The van der Waals surface area contributed by atoms with Gasteiger partial charge in [-0.2, -0.15) is 0 Å². The van der Waals surface area contributed by atoms with Gasteiger partial charge in [0.05, 0.1) is 6.61 Å². The van der Waals surface area contributed by atoms with Crippen LogP contribution >= 0.6 is 0 Å². The first-order valence-corrected chi connectivity index (χ1v) is 2.10. The second-order valence-corrected chi connectivity index (χ2v) is 1.33. The molecule has 1 aliphatic heterocycles. The summed E-state index contributed by atoms with van der Waals surface area (Å²) >= 11 is 0. The van der Waals surface area contributed by atoms with Gasteiger partial charge < -0.3 is 4.74 Å². The van der Waals surface area contributed by atoms with E-state index in [2.05, 4.69) is 5.32 Å². The molecule has 0 aromatic carbocycles. The zero-order chi connectivity index (χ0) is 4.41. The van der Waals surface area contributed by atoms with Crippen molar-refractivity contribution in [3.05, 3.63) is 6.23 Å². The van der Waals surface area contributed by atoms with Gasteiger partial charge in [-0.3, -0.25) is 5.32 Å². The Kier molecular flexibility index (Phi) is 1.08. The van der Waals surface area contributed by atoms with Crippen molar-refractivity contribution in [2.24, 2.45) is 0 Å². The largest absolute Gasteiger partial charge is 0.355 e. The van der Waals surface area contributed by atoms with E-state index in [0.717, 1.165) is 19.4 Å². The van der Waals surface area contributed by atoms with Gasteiger partial charge in [0.15, 0.2) is 6.23 Å². The lowest BCUT2D eigenvalue weighted by Gasteiger charge is -1.93. The Morgan fingerprint density at radius 3 is 2.83 bits per heavy atom. The van der Waals surface area contributed by atoms with Crippen LogP contribution in [0, 0.1) is 6.23 Å². The Bertz CT molecular complexity index is 40.8. The lowest BCUT2D eigenvalue weighted by Crippen LogP contribution is -2.08. The van der Waals surface area contributed by atoms with Crippen molar-refractivity contribution < 1.29 is 4.74 Å². The highest BCUT2D eigenvalue weighted by Gasteiger charge is 2.07. The van der Waals surface area contributed by atoms with E-state index in [0.29, 0.717) is 0 Å². The molecular weight excluding hydrogens is 78.0 g/mol. The maximum Gasteiger partial charge on any atom is 0.159 e. The molecule has 0 aliphatic carbocycles. The molecule has 1 radical (unpaired) electrons. The monoisotopic (exact) mass is 86.1 g/mol. The molecule has 0 spiro atoms. The van der Waals surface area contributed by atoms with E-state index < -0.39 is 0 Å². The van der Waals surface area contributed by atoms with Crippen LogP contribution in [-0.4, -0.2) is 13.2 Å². The number of nitrogens with one attached hydrogen (secondary N) is 1. The van der Waals surface area contributed by atoms with Gasteiger partial charge in [0.1, 0.15) is 0 Å². The van der Waals surface area contributed by atoms with Crippen LogP contribution in [0.25, 0.3) is 0 Å². The number of ether oxygens (including phenoxy) is 1. The van der Waals surface area contributed by atoms with E-state index in [4.69, 9.17) is 4.74 Å². The van der Waals surface area contributed by atoms with Gasteiger partial charge in [0, 0.05) is 6.54 Å². The maximum absolute atomic E-state index is 4.96. The van der Waals surface area contributed by atoms with Gasteiger partial charge in [-0.25, -0.2) is 0 Å². The average Bonchev–Trinajstić information content (AvgIpc) is 1.86. The molecule has 2 heteroatoms. The molecule has 1 heterocycles. The topological polar surface area (TPSA) is 21.3 Å². The third kappa shape index (κ3) is 0.698. The summed E-state index contributed by atoms with van der Waals surface area (Å²) in [5.41, 5.74) is 0. The van der Waals surface area contributed by atoms with Crippen molar-refractivity contribution in [3.8, 4) is 0 Å². The van der Waals surface area contributed by atoms with Crippen molar-refractivity contribution in [3.63, 3.8) is 0 Å². The standard InChI is InChI=1S/C4H8NO/c1-4-5-2-3-6-4/h5H,2-3H2,1H3. The average molecular weight is 86.1 g/mol. The normalized spacial score (nSPS) is 25.5. The van der Waals surface area contributed by atoms with E-state index >= 15 is 0 Å². The molecule has 0 amide bonds. The summed E-state index contributed by atoms with van der Waals surface area (Å²) in [4.78, 5) is 0. The quantitative estimate of drug-likeness (QED) is 0.452. The van der Waals surface area contributed by atoms with Crippen molar-refractivity contribution in [2.75, 3.05) is 13.2 Å². The van der Waals surface area contributed by atoms with Gasteiger partial charge in [0.25, 0.3) is 0 Å². The number of rotatable bonds is 0. The first-order valence-electron chi connectivity index (χ1n) is 2.10. The molecule has 0 aromatic rings. The number of hydrogen-bond donors (Lipinski definition) is 1. The second kappa shape index (κ2) is 1.58. The fourth-order valence-electron chi connectivity index (χ4n) is 0.482. The molecular formula is C4H8NO. The zero-order valence-electron chi connectivity index (χ0n) is 3.82. The fourth-order valence-corrected chi connectivity index (χ4v) is 0.482. The minimum atomic E-state index is 0.839. The molecule has 2 nitrogen and oxygen atoms in total. The van der Waals surface area contributed by atoms with Crippen LogP contribution in [0.1, 0.15) is 6.92 Å². The van der Waals surface area contributed by atoms with Crippen LogP contribution in [0.5, 0.6) is 0 Å². The highest BCUT2D eigenvalue weighted by molar-refractivity contribution is 4.72. The highest BCUT2D eigenvalue weighted by Crippen LogP contribution is 1.98. The van der Waals surface area contributed by atoms with Crippen molar-refractivity contribution in [1.29, 1.82) is 0 Å². The first kappa shape index (κ1) is 4.09. The van der Waals surface area contributed by atoms with E-state index in [1.54, 1.807) is 0 Å². The summed E-state index contributed by atoms with van der Waals surface area (Å²) in [6.07, 6.45) is 0.954. The molecule has 0 saturated carbocycles. The summed E-state index contributed by atoms with van der Waals surface area (Å²) in [5.74, 6) is 0.